The monoisotopic (exact) mass is 497 g/mol. The van der Waals surface area contributed by atoms with Crippen LogP contribution in [0, 0.1) is 0 Å². The fraction of sp³-hybridized carbons (Fsp3) is 0.333. The summed E-state index contributed by atoms with van der Waals surface area (Å²) in [6.07, 6.45) is 3.54. The molecule has 0 radical (unpaired) electrons. The minimum Gasteiger partial charge on any atom is -0.484 e. The lowest BCUT2D eigenvalue weighted by atomic mass is 10.2. The fourth-order valence-corrected chi connectivity index (χ4v) is 4.92. The number of carbonyl (C=O) groups excluding carboxylic acids is 2. The summed E-state index contributed by atoms with van der Waals surface area (Å²) in [5.41, 5.74) is 1.48. The average Bonchev–Trinajstić information content (AvgIpc) is 3.45. The first-order valence-corrected chi connectivity index (χ1v) is 12.6. The van der Waals surface area contributed by atoms with Crippen LogP contribution in [0.15, 0.2) is 53.7 Å². The summed E-state index contributed by atoms with van der Waals surface area (Å²) >= 11 is 7.53. The third kappa shape index (κ3) is 5.20. The van der Waals surface area contributed by atoms with Crippen molar-refractivity contribution in [3.05, 3.63) is 59.4 Å². The molecule has 3 aromatic rings. The molecule has 176 valence electrons. The summed E-state index contributed by atoms with van der Waals surface area (Å²) in [5.74, 6) is 1.49. The number of thioether (sulfide) groups is 1. The zero-order chi connectivity index (χ0) is 23.5. The maximum absolute atomic E-state index is 12.6. The Kier molecular flexibility index (Phi) is 6.73. The maximum atomic E-state index is 12.6. The number of nitrogens with zero attached hydrogens (tertiary/aromatic N) is 4. The highest BCUT2D eigenvalue weighted by molar-refractivity contribution is 7.99. The number of aromatic nitrogens is 3. The molecule has 2 heterocycles. The van der Waals surface area contributed by atoms with Crippen molar-refractivity contribution in [2.45, 2.75) is 43.5 Å². The first-order valence-electron chi connectivity index (χ1n) is 11.2. The highest BCUT2D eigenvalue weighted by Gasteiger charge is 2.30. The van der Waals surface area contributed by atoms with Gasteiger partial charge in [-0.2, -0.15) is 0 Å². The summed E-state index contributed by atoms with van der Waals surface area (Å²) in [6.45, 7) is 0.966. The first kappa shape index (κ1) is 22.7. The fourth-order valence-electron chi connectivity index (χ4n) is 3.91. The van der Waals surface area contributed by atoms with Gasteiger partial charge in [-0.1, -0.05) is 41.6 Å². The van der Waals surface area contributed by atoms with Crippen molar-refractivity contribution in [2.75, 3.05) is 22.5 Å². The number of carbonyl (C=O) groups is 2. The summed E-state index contributed by atoms with van der Waals surface area (Å²) in [5, 5.41) is 12.8. The minimum atomic E-state index is -0.144. The highest BCUT2D eigenvalue weighted by atomic mass is 35.5. The highest BCUT2D eigenvalue weighted by Crippen LogP contribution is 2.39. The van der Waals surface area contributed by atoms with Gasteiger partial charge in [-0.05, 0) is 49.6 Å². The lowest BCUT2D eigenvalue weighted by Crippen LogP contribution is -2.23. The maximum Gasteiger partial charge on any atom is 0.234 e. The number of hydrogen-bond acceptors (Lipinski definition) is 6. The summed E-state index contributed by atoms with van der Waals surface area (Å²) in [4.78, 5) is 26.4. The van der Waals surface area contributed by atoms with Crippen molar-refractivity contribution in [3.8, 4) is 5.75 Å². The van der Waals surface area contributed by atoms with E-state index in [1.807, 2.05) is 42.5 Å². The molecule has 1 aliphatic heterocycles. The Balaban J connectivity index is 1.20. The van der Waals surface area contributed by atoms with Crippen LogP contribution in [-0.4, -0.2) is 38.9 Å². The third-order valence-corrected chi connectivity index (χ3v) is 6.94. The van der Waals surface area contributed by atoms with Crippen LogP contribution < -0.4 is 15.0 Å². The Hall–Kier alpha value is -3.04. The van der Waals surface area contributed by atoms with Crippen molar-refractivity contribution >= 4 is 46.6 Å². The zero-order valence-electron chi connectivity index (χ0n) is 18.4. The molecular weight excluding hydrogens is 474 g/mol. The second kappa shape index (κ2) is 10.1. The van der Waals surface area contributed by atoms with Crippen LogP contribution in [-0.2, 0) is 16.2 Å². The van der Waals surface area contributed by atoms with Crippen LogP contribution in [0.4, 0.5) is 11.4 Å². The SMILES string of the molecule is O=C(CSc1nnc(COc2ccccc2Cl)n1C1CC1)Nc1cccc(N2CCCC2=O)c1. The largest absolute Gasteiger partial charge is 0.484 e. The Morgan fingerprint density at radius 3 is 2.79 bits per heavy atom. The smallest absolute Gasteiger partial charge is 0.234 e. The quantitative estimate of drug-likeness (QED) is 0.431. The lowest BCUT2D eigenvalue weighted by molar-refractivity contribution is -0.117. The Bertz CT molecular complexity index is 1210. The van der Waals surface area contributed by atoms with E-state index < -0.39 is 0 Å². The third-order valence-electron chi connectivity index (χ3n) is 5.69. The van der Waals surface area contributed by atoms with Crippen molar-refractivity contribution in [3.63, 3.8) is 0 Å². The Labute approximate surface area is 206 Å². The van der Waals surface area contributed by atoms with Crippen molar-refractivity contribution in [1.82, 2.24) is 14.8 Å². The molecule has 2 amide bonds. The molecule has 0 unspecified atom stereocenters. The molecule has 0 atom stereocenters. The van der Waals surface area contributed by atoms with Crippen LogP contribution in [0.1, 0.15) is 37.5 Å². The zero-order valence-corrected chi connectivity index (χ0v) is 20.0. The topological polar surface area (TPSA) is 89.3 Å². The molecule has 5 rings (SSSR count). The standard InChI is InChI=1S/C24H24ClN5O3S/c25-19-7-1-2-8-20(19)33-14-21-27-28-24(30(21)17-10-11-17)34-15-22(31)26-16-5-3-6-18(13-16)29-12-4-9-23(29)32/h1-3,5-8,13,17H,4,9-12,14-15H2,(H,26,31). The molecule has 0 bridgehead atoms. The van der Waals surface area contributed by atoms with E-state index in [0.717, 1.165) is 24.9 Å². The van der Waals surface area contributed by atoms with E-state index in [0.29, 0.717) is 46.4 Å². The summed E-state index contributed by atoms with van der Waals surface area (Å²) < 4.78 is 7.91. The van der Waals surface area contributed by atoms with Gasteiger partial charge in [0, 0.05) is 30.4 Å². The van der Waals surface area contributed by atoms with Crippen LogP contribution >= 0.6 is 23.4 Å². The van der Waals surface area contributed by atoms with Crippen LogP contribution in [0.2, 0.25) is 5.02 Å². The predicted octanol–water partition coefficient (Wildman–Crippen LogP) is 4.70. The van der Waals surface area contributed by atoms with Gasteiger partial charge in [-0.3, -0.25) is 14.2 Å². The molecule has 2 fully saturated rings. The summed E-state index contributed by atoms with van der Waals surface area (Å²) in [7, 11) is 0. The van der Waals surface area contributed by atoms with E-state index in [1.165, 1.54) is 11.8 Å². The van der Waals surface area contributed by atoms with E-state index >= 15 is 0 Å². The van der Waals surface area contributed by atoms with Gasteiger partial charge in [-0.15, -0.1) is 10.2 Å². The van der Waals surface area contributed by atoms with E-state index in [-0.39, 0.29) is 24.2 Å². The Morgan fingerprint density at radius 2 is 2.03 bits per heavy atom. The predicted molar refractivity (Wildman–Crippen MR) is 131 cm³/mol. The van der Waals surface area contributed by atoms with Gasteiger partial charge in [0.15, 0.2) is 11.0 Å². The number of ether oxygens (including phenoxy) is 1. The van der Waals surface area contributed by atoms with Gasteiger partial charge in [0.25, 0.3) is 0 Å². The molecule has 8 nitrogen and oxygen atoms in total. The molecule has 1 saturated carbocycles. The van der Waals surface area contributed by atoms with E-state index in [4.69, 9.17) is 16.3 Å². The Morgan fingerprint density at radius 1 is 1.18 bits per heavy atom. The second-order valence-electron chi connectivity index (χ2n) is 8.26. The number of benzene rings is 2. The van der Waals surface area contributed by atoms with Gasteiger partial charge in [0.2, 0.25) is 11.8 Å². The normalized spacial score (nSPS) is 15.6. The van der Waals surface area contributed by atoms with E-state index in [9.17, 15) is 9.59 Å². The number of nitrogens with one attached hydrogen (secondary N) is 1. The van der Waals surface area contributed by atoms with E-state index in [2.05, 4.69) is 20.1 Å². The van der Waals surface area contributed by atoms with Gasteiger partial charge in [-0.25, -0.2) is 0 Å². The number of anilines is 2. The van der Waals surface area contributed by atoms with Gasteiger partial charge < -0.3 is 15.0 Å². The molecule has 1 N–H and O–H groups in total. The molecule has 2 aliphatic rings. The molecular formula is C24H24ClN5O3S. The second-order valence-corrected chi connectivity index (χ2v) is 9.60. The van der Waals surface area contributed by atoms with Gasteiger partial charge >= 0.3 is 0 Å². The molecule has 1 aliphatic carbocycles. The van der Waals surface area contributed by atoms with Crippen LogP contribution in [0.3, 0.4) is 0 Å². The summed E-state index contributed by atoms with van der Waals surface area (Å²) in [6, 6.07) is 15.0. The molecule has 10 heteroatoms. The number of para-hydroxylation sites is 1. The van der Waals surface area contributed by atoms with Crippen molar-refractivity contribution in [1.29, 1.82) is 0 Å². The number of halogens is 1. The number of hydrogen-bond donors (Lipinski definition) is 1. The van der Waals surface area contributed by atoms with Gasteiger partial charge in [0.05, 0.1) is 10.8 Å². The molecule has 1 aromatic heterocycles. The van der Waals surface area contributed by atoms with Crippen LogP contribution in [0.25, 0.3) is 0 Å². The molecule has 2 aromatic carbocycles. The first-order chi connectivity index (χ1) is 16.6. The van der Waals surface area contributed by atoms with Crippen molar-refractivity contribution in [2.24, 2.45) is 0 Å². The number of amides is 2. The van der Waals surface area contributed by atoms with Gasteiger partial charge in [0.1, 0.15) is 12.4 Å². The van der Waals surface area contributed by atoms with E-state index in [1.54, 1.807) is 11.0 Å². The lowest BCUT2D eigenvalue weighted by Gasteiger charge is -2.16. The number of rotatable bonds is 9. The minimum absolute atomic E-state index is 0.118. The van der Waals surface area contributed by atoms with Crippen LogP contribution in [0.5, 0.6) is 5.75 Å². The molecule has 34 heavy (non-hydrogen) atoms. The average molecular weight is 498 g/mol. The molecule has 1 saturated heterocycles. The molecule has 0 spiro atoms. The van der Waals surface area contributed by atoms with Crippen molar-refractivity contribution < 1.29 is 14.3 Å².